The number of alkyl halides is 1. The summed E-state index contributed by atoms with van der Waals surface area (Å²) in [5.74, 6) is 0. The van der Waals surface area contributed by atoms with Crippen LogP contribution in [0.25, 0.3) is 11.1 Å². The average Bonchev–Trinajstić information content (AvgIpc) is 2.56. The molecule has 3 aromatic rings. The summed E-state index contributed by atoms with van der Waals surface area (Å²) in [5.41, 5.74) is 5.01. The van der Waals surface area contributed by atoms with Crippen LogP contribution in [0.15, 0.2) is 83.3 Å². The van der Waals surface area contributed by atoms with Crippen LogP contribution in [0.5, 0.6) is 0 Å². The van der Waals surface area contributed by atoms with E-state index in [-0.39, 0.29) is 4.83 Å². The van der Waals surface area contributed by atoms with Gasteiger partial charge in [-0.3, -0.25) is 0 Å². The first-order chi connectivity index (χ1) is 10.2. The minimum Gasteiger partial charge on any atom is -0.0786 e. The Morgan fingerprint density at radius 3 is 1.62 bits per heavy atom. The molecule has 0 radical (unpaired) electrons. The molecule has 1 unspecified atom stereocenters. The lowest BCUT2D eigenvalue weighted by molar-refractivity contribution is 1.18. The van der Waals surface area contributed by atoms with Gasteiger partial charge in [-0.25, -0.2) is 0 Å². The Hall–Kier alpha value is -1.38. The number of rotatable bonds is 3. The molecule has 0 aliphatic carbocycles. The smallest absolute Gasteiger partial charge is 0.0644 e. The van der Waals surface area contributed by atoms with Crippen molar-refractivity contribution in [2.24, 2.45) is 0 Å². The second kappa shape index (κ2) is 6.59. The largest absolute Gasteiger partial charge is 0.0786 e. The molecule has 0 fully saturated rings. The molecule has 1 atom stereocenters. The van der Waals surface area contributed by atoms with Gasteiger partial charge in [-0.05, 0) is 34.4 Å². The van der Waals surface area contributed by atoms with Crippen molar-refractivity contribution in [3.05, 3.63) is 94.5 Å². The van der Waals surface area contributed by atoms with Crippen molar-refractivity contribution in [2.75, 3.05) is 0 Å². The van der Waals surface area contributed by atoms with Crippen LogP contribution in [0, 0.1) is 0 Å². The topological polar surface area (TPSA) is 0 Å². The average molecular weight is 402 g/mol. The van der Waals surface area contributed by atoms with Gasteiger partial charge < -0.3 is 0 Å². The zero-order valence-electron chi connectivity index (χ0n) is 11.3. The molecule has 0 aromatic heterocycles. The van der Waals surface area contributed by atoms with Gasteiger partial charge in [0.25, 0.3) is 0 Å². The summed E-state index contributed by atoms with van der Waals surface area (Å²) in [4.78, 5) is 0.218. The molecule has 0 saturated carbocycles. The van der Waals surface area contributed by atoms with Gasteiger partial charge in [-0.15, -0.1) is 0 Å². The van der Waals surface area contributed by atoms with E-state index in [1.54, 1.807) is 0 Å². The van der Waals surface area contributed by atoms with Crippen molar-refractivity contribution in [1.29, 1.82) is 0 Å². The van der Waals surface area contributed by atoms with Crippen LogP contribution in [0.3, 0.4) is 0 Å². The monoisotopic (exact) mass is 400 g/mol. The van der Waals surface area contributed by atoms with Crippen LogP contribution in [-0.4, -0.2) is 0 Å². The molecule has 0 saturated heterocycles. The lowest BCUT2D eigenvalue weighted by atomic mass is 10.0. The van der Waals surface area contributed by atoms with Gasteiger partial charge in [-0.2, -0.15) is 0 Å². The molecule has 0 N–H and O–H groups in total. The molecule has 0 aliphatic rings. The SMILES string of the molecule is Brc1ccc(C(Br)c2ccc(-c3ccccc3)cc2)cc1. The van der Waals surface area contributed by atoms with Crippen molar-refractivity contribution < 1.29 is 0 Å². The molecule has 104 valence electrons. The summed E-state index contributed by atoms with van der Waals surface area (Å²) >= 11 is 7.26. The van der Waals surface area contributed by atoms with E-state index in [9.17, 15) is 0 Å². The summed E-state index contributed by atoms with van der Waals surface area (Å²) < 4.78 is 1.10. The van der Waals surface area contributed by atoms with Gasteiger partial charge in [0.2, 0.25) is 0 Å². The highest BCUT2D eigenvalue weighted by Gasteiger charge is 2.10. The molecule has 0 bridgehead atoms. The summed E-state index contributed by atoms with van der Waals surface area (Å²) in [5, 5.41) is 0. The molecular weight excluding hydrogens is 388 g/mol. The number of benzene rings is 3. The standard InChI is InChI=1S/C19H14Br2/c20-18-12-10-17(11-13-18)19(21)16-8-6-15(7-9-16)14-4-2-1-3-5-14/h1-13,19H. The first-order valence-electron chi connectivity index (χ1n) is 6.79. The third kappa shape index (κ3) is 3.45. The fourth-order valence-electron chi connectivity index (χ4n) is 2.30. The second-order valence-electron chi connectivity index (χ2n) is 4.90. The molecule has 0 heterocycles. The highest BCUT2D eigenvalue weighted by atomic mass is 79.9. The van der Waals surface area contributed by atoms with Gasteiger partial charge >= 0.3 is 0 Å². The quantitative estimate of drug-likeness (QED) is 0.433. The maximum atomic E-state index is 3.78. The third-order valence-electron chi connectivity index (χ3n) is 3.47. The normalized spacial score (nSPS) is 12.1. The Morgan fingerprint density at radius 1 is 0.571 bits per heavy atom. The zero-order valence-corrected chi connectivity index (χ0v) is 14.5. The highest BCUT2D eigenvalue weighted by Crippen LogP contribution is 2.32. The van der Waals surface area contributed by atoms with Crippen molar-refractivity contribution in [1.82, 2.24) is 0 Å². The van der Waals surface area contributed by atoms with E-state index in [1.807, 2.05) is 6.07 Å². The molecule has 3 aromatic carbocycles. The van der Waals surface area contributed by atoms with E-state index < -0.39 is 0 Å². The van der Waals surface area contributed by atoms with Crippen molar-refractivity contribution in [3.8, 4) is 11.1 Å². The van der Waals surface area contributed by atoms with E-state index >= 15 is 0 Å². The summed E-state index contributed by atoms with van der Waals surface area (Å²) in [6, 6.07) is 27.6. The number of halogens is 2. The maximum Gasteiger partial charge on any atom is 0.0644 e. The van der Waals surface area contributed by atoms with E-state index in [4.69, 9.17) is 0 Å². The lowest BCUT2D eigenvalue weighted by Gasteiger charge is -2.12. The van der Waals surface area contributed by atoms with Crippen LogP contribution in [0.2, 0.25) is 0 Å². The first kappa shape index (κ1) is 14.6. The predicted octanol–water partition coefficient (Wildman–Crippen LogP) is 6.60. The van der Waals surface area contributed by atoms with Crippen LogP contribution in [0.4, 0.5) is 0 Å². The maximum absolute atomic E-state index is 3.78. The van der Waals surface area contributed by atoms with Gasteiger partial charge in [0.05, 0.1) is 4.83 Å². The van der Waals surface area contributed by atoms with Crippen LogP contribution in [-0.2, 0) is 0 Å². The van der Waals surface area contributed by atoms with E-state index in [0.717, 1.165) is 4.47 Å². The molecule has 21 heavy (non-hydrogen) atoms. The van der Waals surface area contributed by atoms with Crippen LogP contribution in [0.1, 0.15) is 16.0 Å². The Labute approximate surface area is 142 Å². The fraction of sp³-hybridized carbons (Fsp3) is 0.0526. The number of hydrogen-bond donors (Lipinski definition) is 0. The van der Waals surface area contributed by atoms with Gasteiger partial charge in [-0.1, -0.05) is 98.6 Å². The minimum atomic E-state index is 0.218. The van der Waals surface area contributed by atoms with E-state index in [1.165, 1.54) is 22.3 Å². The Kier molecular flexibility index (Phi) is 4.57. The van der Waals surface area contributed by atoms with Crippen molar-refractivity contribution in [2.45, 2.75) is 4.83 Å². The first-order valence-corrected chi connectivity index (χ1v) is 8.50. The Morgan fingerprint density at radius 2 is 1.05 bits per heavy atom. The molecule has 0 nitrogen and oxygen atoms in total. The minimum absolute atomic E-state index is 0.218. The highest BCUT2D eigenvalue weighted by molar-refractivity contribution is 9.10. The van der Waals surface area contributed by atoms with E-state index in [0.29, 0.717) is 0 Å². The van der Waals surface area contributed by atoms with Gasteiger partial charge in [0.15, 0.2) is 0 Å². The molecular formula is C19H14Br2. The third-order valence-corrected chi connectivity index (χ3v) is 5.06. The van der Waals surface area contributed by atoms with Gasteiger partial charge in [0.1, 0.15) is 0 Å². The molecule has 0 aliphatic heterocycles. The zero-order chi connectivity index (χ0) is 14.7. The van der Waals surface area contributed by atoms with Crippen molar-refractivity contribution in [3.63, 3.8) is 0 Å². The Bertz CT molecular complexity index is 701. The Balaban J connectivity index is 1.85. The number of hydrogen-bond acceptors (Lipinski definition) is 0. The molecule has 2 heteroatoms. The van der Waals surface area contributed by atoms with Crippen LogP contribution < -0.4 is 0 Å². The second-order valence-corrected chi connectivity index (χ2v) is 6.73. The summed E-state index contributed by atoms with van der Waals surface area (Å²) in [6.45, 7) is 0. The van der Waals surface area contributed by atoms with Gasteiger partial charge in [0, 0.05) is 4.47 Å². The molecule has 0 spiro atoms. The van der Waals surface area contributed by atoms with Crippen LogP contribution >= 0.6 is 31.9 Å². The lowest BCUT2D eigenvalue weighted by Crippen LogP contribution is -1.92. The fourth-order valence-corrected chi connectivity index (χ4v) is 3.17. The molecule has 0 amide bonds. The van der Waals surface area contributed by atoms with E-state index in [2.05, 4.69) is 105 Å². The molecule has 3 rings (SSSR count). The predicted molar refractivity (Wildman–Crippen MR) is 96.8 cm³/mol. The van der Waals surface area contributed by atoms with Crippen molar-refractivity contribution >= 4 is 31.9 Å². The summed E-state index contributed by atoms with van der Waals surface area (Å²) in [7, 11) is 0. The summed E-state index contributed by atoms with van der Waals surface area (Å²) in [6.07, 6.45) is 0.